The summed E-state index contributed by atoms with van der Waals surface area (Å²) in [5.41, 5.74) is 9.23. The van der Waals surface area contributed by atoms with E-state index in [1.54, 1.807) is 12.4 Å². The Morgan fingerprint density at radius 2 is 1.58 bits per heavy atom. The van der Waals surface area contributed by atoms with E-state index in [4.69, 9.17) is 10.6 Å². The van der Waals surface area contributed by atoms with Crippen molar-refractivity contribution in [1.82, 2.24) is 4.98 Å². The van der Waals surface area contributed by atoms with Crippen molar-refractivity contribution in [2.24, 2.45) is 5.73 Å². The number of nitrogens with zero attached hydrogens (tertiary/aromatic N) is 2. The molecule has 0 saturated heterocycles. The number of carbonyl (C=O) groups is 1. The lowest BCUT2D eigenvalue weighted by atomic mass is 10.1. The van der Waals surface area contributed by atoms with E-state index >= 15 is 0 Å². The van der Waals surface area contributed by atoms with Gasteiger partial charge in [0.1, 0.15) is 6.61 Å². The largest absolute Gasteiger partial charge is 0.369 e. The summed E-state index contributed by atoms with van der Waals surface area (Å²) in [6.07, 6.45) is 3.73. The summed E-state index contributed by atoms with van der Waals surface area (Å²) in [6.45, 7) is 0.938. The number of hydrogen-bond donors (Lipinski definition) is 1. The lowest BCUT2D eigenvalue weighted by molar-refractivity contribution is -0.117. The lowest BCUT2D eigenvalue weighted by Crippen LogP contribution is -2.23. The van der Waals surface area contributed by atoms with Gasteiger partial charge < -0.3 is 5.73 Å². The molecule has 1 amide bonds. The second-order valence-corrected chi connectivity index (χ2v) is 5.91. The topological polar surface area (TPSA) is 68.5 Å². The minimum atomic E-state index is -0.353. The van der Waals surface area contributed by atoms with Crippen LogP contribution in [0.25, 0.3) is 0 Å². The second-order valence-electron chi connectivity index (χ2n) is 5.91. The first kappa shape index (κ1) is 17.6. The van der Waals surface area contributed by atoms with Gasteiger partial charge in [-0.3, -0.25) is 14.6 Å². The maximum atomic E-state index is 11.3. The molecule has 0 radical (unpaired) electrons. The Balaban J connectivity index is 1.77. The number of primary amides is 1. The van der Waals surface area contributed by atoms with Crippen molar-refractivity contribution < 1.29 is 9.63 Å². The molecule has 0 unspecified atom stereocenters. The first-order chi connectivity index (χ1) is 12.7. The van der Waals surface area contributed by atoms with E-state index in [1.165, 1.54) is 0 Å². The molecular formula is C21H21N3O2. The van der Waals surface area contributed by atoms with Crippen molar-refractivity contribution in [1.29, 1.82) is 0 Å². The van der Waals surface area contributed by atoms with Crippen molar-refractivity contribution in [3.63, 3.8) is 0 Å². The molecule has 0 atom stereocenters. The highest BCUT2D eigenvalue weighted by Crippen LogP contribution is 2.19. The smallest absolute Gasteiger partial charge is 0.221 e. The van der Waals surface area contributed by atoms with Gasteiger partial charge in [-0.25, -0.2) is 5.06 Å². The number of anilines is 1. The van der Waals surface area contributed by atoms with Crippen LogP contribution in [0.4, 0.5) is 5.69 Å². The number of hydroxylamine groups is 1. The molecule has 0 aliphatic rings. The number of hydrogen-bond acceptors (Lipinski definition) is 4. The molecule has 0 saturated carbocycles. The monoisotopic (exact) mass is 347 g/mol. The van der Waals surface area contributed by atoms with Crippen molar-refractivity contribution >= 4 is 11.6 Å². The van der Waals surface area contributed by atoms with Crippen molar-refractivity contribution in [3.8, 4) is 0 Å². The van der Waals surface area contributed by atoms with Crippen molar-refractivity contribution in [3.05, 3.63) is 95.8 Å². The SMILES string of the molecule is NC(=O)Cc1ccccc1CON(Cc1ccncc1)c1ccccc1. The predicted molar refractivity (Wildman–Crippen MR) is 101 cm³/mol. The van der Waals surface area contributed by atoms with Crippen LogP contribution in [0.3, 0.4) is 0 Å². The van der Waals surface area contributed by atoms with Crippen LogP contribution < -0.4 is 10.8 Å². The average molecular weight is 347 g/mol. The molecule has 0 fully saturated rings. The third-order valence-electron chi connectivity index (χ3n) is 3.98. The zero-order valence-electron chi connectivity index (χ0n) is 14.4. The summed E-state index contributed by atoms with van der Waals surface area (Å²) in [5, 5.41) is 1.84. The zero-order valence-corrected chi connectivity index (χ0v) is 14.4. The molecule has 5 nitrogen and oxygen atoms in total. The van der Waals surface area contributed by atoms with E-state index in [9.17, 15) is 4.79 Å². The number of nitrogens with two attached hydrogens (primary N) is 1. The van der Waals surface area contributed by atoms with Gasteiger partial charge in [-0.05, 0) is 41.0 Å². The first-order valence-corrected chi connectivity index (χ1v) is 8.42. The molecule has 1 aromatic heterocycles. The minimum absolute atomic E-state index is 0.204. The Hall–Kier alpha value is -3.18. The number of benzene rings is 2. The van der Waals surface area contributed by atoms with Gasteiger partial charge in [0.15, 0.2) is 0 Å². The van der Waals surface area contributed by atoms with Crippen LogP contribution in [-0.4, -0.2) is 10.9 Å². The third kappa shape index (κ3) is 4.91. The van der Waals surface area contributed by atoms with Gasteiger partial charge >= 0.3 is 0 Å². The highest BCUT2D eigenvalue weighted by molar-refractivity contribution is 5.77. The van der Waals surface area contributed by atoms with Gasteiger partial charge in [-0.15, -0.1) is 0 Å². The number of pyridine rings is 1. The van der Waals surface area contributed by atoms with Gasteiger partial charge in [-0.1, -0.05) is 42.5 Å². The second kappa shape index (κ2) is 8.78. The van der Waals surface area contributed by atoms with Crippen molar-refractivity contribution in [2.45, 2.75) is 19.6 Å². The highest BCUT2D eigenvalue weighted by atomic mass is 16.7. The van der Waals surface area contributed by atoms with Gasteiger partial charge in [0, 0.05) is 12.4 Å². The fraction of sp³-hybridized carbons (Fsp3) is 0.143. The van der Waals surface area contributed by atoms with E-state index in [-0.39, 0.29) is 12.3 Å². The van der Waals surface area contributed by atoms with Crippen LogP contribution in [0.15, 0.2) is 79.1 Å². The number of rotatable bonds is 8. The summed E-state index contributed by atoms with van der Waals surface area (Å²) in [7, 11) is 0. The predicted octanol–water partition coefficient (Wildman–Crippen LogP) is 3.25. The molecule has 0 bridgehead atoms. The fourth-order valence-electron chi connectivity index (χ4n) is 2.67. The maximum Gasteiger partial charge on any atom is 0.221 e. The van der Waals surface area contributed by atoms with Gasteiger partial charge in [0.2, 0.25) is 5.91 Å². The molecular weight excluding hydrogens is 326 g/mol. The Bertz CT molecular complexity index is 838. The number of carbonyl (C=O) groups excluding carboxylic acids is 1. The molecule has 0 aliphatic carbocycles. The molecule has 1 heterocycles. The quantitative estimate of drug-likeness (QED) is 0.635. The van der Waals surface area contributed by atoms with Crippen LogP contribution in [0.5, 0.6) is 0 Å². The first-order valence-electron chi connectivity index (χ1n) is 8.42. The van der Waals surface area contributed by atoms with Crippen LogP contribution in [0, 0.1) is 0 Å². The van der Waals surface area contributed by atoms with Crippen LogP contribution in [0.1, 0.15) is 16.7 Å². The van der Waals surface area contributed by atoms with E-state index in [0.29, 0.717) is 13.2 Å². The van der Waals surface area contributed by atoms with E-state index in [0.717, 1.165) is 22.4 Å². The van der Waals surface area contributed by atoms with E-state index in [2.05, 4.69) is 4.98 Å². The van der Waals surface area contributed by atoms with Crippen LogP contribution >= 0.6 is 0 Å². The Kier molecular flexibility index (Phi) is 5.96. The summed E-state index contributed by atoms with van der Waals surface area (Å²) >= 11 is 0. The Labute approximate surface area is 153 Å². The average Bonchev–Trinajstić information content (AvgIpc) is 2.67. The maximum absolute atomic E-state index is 11.3. The lowest BCUT2D eigenvalue weighted by Gasteiger charge is -2.24. The molecule has 0 aliphatic heterocycles. The van der Waals surface area contributed by atoms with Gasteiger partial charge in [-0.2, -0.15) is 0 Å². The summed E-state index contributed by atoms with van der Waals surface area (Å²) in [6, 6.07) is 21.5. The minimum Gasteiger partial charge on any atom is -0.369 e. The van der Waals surface area contributed by atoms with E-state index < -0.39 is 0 Å². The molecule has 0 spiro atoms. The number of para-hydroxylation sites is 1. The molecule has 3 aromatic rings. The summed E-state index contributed by atoms with van der Waals surface area (Å²) in [4.78, 5) is 21.4. The normalized spacial score (nSPS) is 10.5. The van der Waals surface area contributed by atoms with Gasteiger partial charge in [0.05, 0.1) is 18.7 Å². The molecule has 2 aromatic carbocycles. The zero-order chi connectivity index (χ0) is 18.2. The van der Waals surface area contributed by atoms with Crippen molar-refractivity contribution in [2.75, 3.05) is 5.06 Å². The molecule has 3 rings (SSSR count). The summed E-state index contributed by atoms with van der Waals surface area (Å²) < 4.78 is 0. The molecule has 132 valence electrons. The van der Waals surface area contributed by atoms with Crippen LogP contribution in [-0.2, 0) is 29.2 Å². The third-order valence-corrected chi connectivity index (χ3v) is 3.98. The summed E-state index contributed by atoms with van der Waals surface area (Å²) in [5.74, 6) is -0.353. The molecule has 26 heavy (non-hydrogen) atoms. The fourth-order valence-corrected chi connectivity index (χ4v) is 2.67. The van der Waals surface area contributed by atoms with Gasteiger partial charge in [0.25, 0.3) is 0 Å². The standard InChI is InChI=1S/C21H21N3O2/c22-21(25)14-18-6-4-5-7-19(18)16-26-24(20-8-2-1-3-9-20)15-17-10-12-23-13-11-17/h1-13H,14-16H2,(H2,22,25). The Morgan fingerprint density at radius 1 is 0.923 bits per heavy atom. The molecule has 2 N–H and O–H groups in total. The Morgan fingerprint density at radius 3 is 2.27 bits per heavy atom. The number of aromatic nitrogens is 1. The highest BCUT2D eigenvalue weighted by Gasteiger charge is 2.11. The molecule has 5 heteroatoms. The van der Waals surface area contributed by atoms with Crippen LogP contribution in [0.2, 0.25) is 0 Å². The number of amides is 1. The van der Waals surface area contributed by atoms with E-state index in [1.807, 2.05) is 71.8 Å².